The average molecular weight is 473 g/mol. The van der Waals surface area contributed by atoms with E-state index in [9.17, 15) is 14.4 Å². The Morgan fingerprint density at radius 1 is 1.03 bits per heavy atom. The largest absolute Gasteiger partial charge is 0.411 e. The summed E-state index contributed by atoms with van der Waals surface area (Å²) in [5.41, 5.74) is -5.76. The molecule has 0 radical (unpaired) electrons. The molecule has 1 aromatic heterocycles. The van der Waals surface area contributed by atoms with E-state index in [-0.39, 0.29) is 30.3 Å². The van der Waals surface area contributed by atoms with Crippen LogP contribution in [0.25, 0.3) is 5.69 Å². The third-order valence-electron chi connectivity index (χ3n) is 7.38. The van der Waals surface area contributed by atoms with Crippen molar-refractivity contribution in [2.45, 2.75) is 70.5 Å². The van der Waals surface area contributed by atoms with Gasteiger partial charge in [0.15, 0.2) is 5.78 Å². The molecule has 1 aliphatic heterocycles. The van der Waals surface area contributed by atoms with E-state index in [4.69, 9.17) is 0 Å². The minimum absolute atomic E-state index is 0.0838. The molecule has 1 amide bonds. The van der Waals surface area contributed by atoms with Crippen LogP contribution in [0.15, 0.2) is 46.4 Å². The van der Waals surface area contributed by atoms with Gasteiger partial charge in [0.1, 0.15) is 0 Å². The Labute approximate surface area is 194 Å². The lowest BCUT2D eigenvalue weighted by molar-refractivity contribution is -0.190. The van der Waals surface area contributed by atoms with Crippen molar-refractivity contribution in [1.82, 2.24) is 14.7 Å². The lowest BCUT2D eigenvalue weighted by Crippen LogP contribution is -2.56. The Morgan fingerprint density at radius 2 is 1.68 bits per heavy atom. The fourth-order valence-corrected chi connectivity index (χ4v) is 5.74. The predicted octanol–water partition coefficient (Wildman–Crippen LogP) is 4.31. The van der Waals surface area contributed by atoms with Crippen LogP contribution >= 0.6 is 0 Å². The molecule has 9 heteroatoms. The SMILES string of the molecule is Cc1[nH]n(-c2ccccc2)c(=O)c1C1(C(F)(F)F)C(=O)N(C2CCC2)C2=C1C(=O)CC(C)(C)C2. The smallest absolute Gasteiger partial charge is 0.311 e. The van der Waals surface area contributed by atoms with Crippen molar-refractivity contribution in [3.63, 3.8) is 0 Å². The van der Waals surface area contributed by atoms with Gasteiger partial charge in [-0.25, -0.2) is 4.68 Å². The lowest BCUT2D eigenvalue weighted by atomic mass is 9.66. The second-order valence-corrected chi connectivity index (χ2v) is 10.4. The number of allylic oxidation sites excluding steroid dienone is 1. The highest BCUT2D eigenvalue weighted by atomic mass is 19.4. The first kappa shape index (κ1) is 22.7. The van der Waals surface area contributed by atoms with Gasteiger partial charge in [-0.1, -0.05) is 32.0 Å². The Hall–Kier alpha value is -3.10. The number of aromatic amines is 1. The highest BCUT2D eigenvalue weighted by Crippen LogP contribution is 2.58. The number of benzene rings is 1. The van der Waals surface area contributed by atoms with Crippen molar-refractivity contribution >= 4 is 11.7 Å². The standard InChI is InChI=1S/C25H26F3N3O3/c1-14-19(21(33)31(29-14)16-8-5-4-6-9-16)24(25(26,27)28)20-17(12-23(2,3)13-18(20)32)30(22(24)34)15-10-7-11-15/h4-6,8-9,15,29H,7,10-13H2,1-3H3. The number of alkyl halides is 3. The first-order valence-electron chi connectivity index (χ1n) is 11.4. The maximum absolute atomic E-state index is 15.2. The Morgan fingerprint density at radius 3 is 2.24 bits per heavy atom. The molecule has 1 unspecified atom stereocenters. The van der Waals surface area contributed by atoms with Crippen LogP contribution in [0.1, 0.15) is 57.2 Å². The topological polar surface area (TPSA) is 75.2 Å². The number of H-pyrrole nitrogens is 1. The summed E-state index contributed by atoms with van der Waals surface area (Å²) in [4.78, 5) is 42.1. The molecule has 1 fully saturated rings. The van der Waals surface area contributed by atoms with Crippen molar-refractivity contribution in [2.75, 3.05) is 0 Å². The fraction of sp³-hybridized carbons (Fsp3) is 0.480. The minimum atomic E-state index is -5.18. The molecule has 1 atom stereocenters. The summed E-state index contributed by atoms with van der Waals surface area (Å²) in [6.45, 7) is 4.98. The lowest BCUT2D eigenvalue weighted by Gasteiger charge is -2.40. The summed E-state index contributed by atoms with van der Waals surface area (Å²) in [6, 6.07) is 7.81. The monoisotopic (exact) mass is 473 g/mol. The normalized spacial score (nSPS) is 25.1. The third kappa shape index (κ3) is 2.91. The van der Waals surface area contributed by atoms with Gasteiger partial charge in [-0.15, -0.1) is 0 Å². The quantitative estimate of drug-likeness (QED) is 0.722. The highest BCUT2D eigenvalue weighted by molar-refractivity contribution is 6.13. The number of hydrogen-bond donors (Lipinski definition) is 1. The van der Waals surface area contributed by atoms with Crippen LogP contribution in [0.4, 0.5) is 13.2 Å². The summed E-state index contributed by atoms with van der Waals surface area (Å²) in [5, 5.41) is 2.72. The van der Waals surface area contributed by atoms with E-state index in [0.29, 0.717) is 18.5 Å². The number of rotatable bonds is 3. The molecular formula is C25H26F3N3O3. The number of Topliss-reactive ketones (excluding diaryl/α,β-unsaturated/α-hetero) is 1. The molecule has 3 aliphatic rings. The van der Waals surface area contributed by atoms with Gasteiger partial charge < -0.3 is 4.90 Å². The third-order valence-corrected chi connectivity index (χ3v) is 7.38. The van der Waals surface area contributed by atoms with E-state index in [1.54, 1.807) is 30.3 Å². The van der Waals surface area contributed by atoms with E-state index >= 15 is 13.2 Å². The van der Waals surface area contributed by atoms with Crippen molar-refractivity contribution in [1.29, 1.82) is 0 Å². The zero-order chi connectivity index (χ0) is 24.6. The van der Waals surface area contributed by atoms with Gasteiger partial charge in [-0.2, -0.15) is 13.2 Å². The molecule has 6 nitrogen and oxygen atoms in total. The van der Waals surface area contributed by atoms with Crippen LogP contribution in [-0.4, -0.2) is 38.6 Å². The number of aryl methyl sites for hydroxylation is 1. The number of hydrogen-bond acceptors (Lipinski definition) is 3. The number of nitrogens with zero attached hydrogens (tertiary/aromatic N) is 2. The molecule has 0 bridgehead atoms. The van der Waals surface area contributed by atoms with Crippen molar-refractivity contribution in [3.05, 3.63) is 63.2 Å². The number of halogens is 3. The molecule has 180 valence electrons. The molecule has 34 heavy (non-hydrogen) atoms. The summed E-state index contributed by atoms with van der Waals surface area (Å²) >= 11 is 0. The molecule has 1 aromatic carbocycles. The molecule has 1 N–H and O–H groups in total. The summed E-state index contributed by atoms with van der Waals surface area (Å²) in [6.07, 6.45) is -3.18. The van der Waals surface area contributed by atoms with E-state index in [1.807, 2.05) is 13.8 Å². The predicted molar refractivity (Wildman–Crippen MR) is 118 cm³/mol. The van der Waals surface area contributed by atoms with Crippen LogP contribution in [0.3, 0.4) is 0 Å². The van der Waals surface area contributed by atoms with Crippen LogP contribution < -0.4 is 5.56 Å². The maximum Gasteiger partial charge on any atom is 0.411 e. The summed E-state index contributed by atoms with van der Waals surface area (Å²) in [7, 11) is 0. The minimum Gasteiger partial charge on any atom is -0.311 e. The first-order chi connectivity index (χ1) is 15.9. The number of carbonyl (C=O) groups is 2. The zero-order valence-corrected chi connectivity index (χ0v) is 19.3. The molecule has 0 saturated heterocycles. The van der Waals surface area contributed by atoms with Gasteiger partial charge in [0.2, 0.25) is 5.41 Å². The highest BCUT2D eigenvalue weighted by Gasteiger charge is 2.73. The van der Waals surface area contributed by atoms with Crippen molar-refractivity contribution in [2.24, 2.45) is 5.41 Å². The number of ketones is 1. The number of para-hydroxylation sites is 1. The van der Waals surface area contributed by atoms with Gasteiger partial charge in [0, 0.05) is 29.4 Å². The van der Waals surface area contributed by atoms with E-state index in [2.05, 4.69) is 5.10 Å². The summed E-state index contributed by atoms with van der Waals surface area (Å²) in [5.74, 6) is -1.94. The van der Waals surface area contributed by atoms with Crippen LogP contribution in [0, 0.1) is 12.3 Å². The molecule has 0 spiro atoms. The van der Waals surface area contributed by atoms with E-state index in [0.717, 1.165) is 11.1 Å². The average Bonchev–Trinajstić information content (AvgIpc) is 3.12. The van der Waals surface area contributed by atoms with Gasteiger partial charge in [0.25, 0.3) is 11.5 Å². The van der Waals surface area contributed by atoms with Crippen molar-refractivity contribution in [3.8, 4) is 5.69 Å². The fourth-order valence-electron chi connectivity index (χ4n) is 5.74. The van der Waals surface area contributed by atoms with Crippen molar-refractivity contribution < 1.29 is 22.8 Å². The molecule has 2 aromatic rings. The van der Waals surface area contributed by atoms with Gasteiger partial charge in [-0.3, -0.25) is 19.5 Å². The number of nitrogens with one attached hydrogen (secondary N) is 1. The number of amides is 1. The molecular weight excluding hydrogens is 447 g/mol. The number of carbonyl (C=O) groups excluding carboxylic acids is 2. The Bertz CT molecular complexity index is 1280. The van der Waals surface area contributed by atoms with Crippen LogP contribution in [0.5, 0.6) is 0 Å². The van der Waals surface area contributed by atoms with Crippen LogP contribution in [-0.2, 0) is 15.0 Å². The molecule has 1 saturated carbocycles. The number of aromatic nitrogens is 2. The van der Waals surface area contributed by atoms with Gasteiger partial charge in [-0.05, 0) is 50.2 Å². The van der Waals surface area contributed by atoms with Gasteiger partial charge in [0.05, 0.1) is 11.3 Å². The second-order valence-electron chi connectivity index (χ2n) is 10.4. The second kappa shape index (κ2) is 7.20. The van der Waals surface area contributed by atoms with Crippen LogP contribution in [0.2, 0.25) is 0 Å². The Balaban J connectivity index is 1.84. The zero-order valence-electron chi connectivity index (χ0n) is 19.3. The Kier molecular flexibility index (Phi) is 4.80. The summed E-state index contributed by atoms with van der Waals surface area (Å²) < 4.78 is 46.7. The molecule has 2 aliphatic carbocycles. The molecule has 5 rings (SSSR count). The van der Waals surface area contributed by atoms with Gasteiger partial charge >= 0.3 is 6.18 Å². The molecule has 2 heterocycles. The van der Waals surface area contributed by atoms with E-state index < -0.39 is 45.4 Å². The maximum atomic E-state index is 15.2. The van der Waals surface area contributed by atoms with E-state index in [1.165, 1.54) is 11.8 Å². The first-order valence-corrected chi connectivity index (χ1v) is 11.4.